The lowest BCUT2D eigenvalue weighted by molar-refractivity contribution is -0.239. The quantitative estimate of drug-likeness (QED) is 0.173. The minimum absolute atomic E-state index is 0.259. The average Bonchev–Trinajstić information content (AvgIpc) is 3.20. The number of unbranched alkanes of at least 4 members (excludes halogenated alkanes) is 2. The first kappa shape index (κ1) is 32.2. The Morgan fingerprint density at radius 1 is 1.02 bits per heavy atom. The highest BCUT2D eigenvalue weighted by molar-refractivity contribution is 7.71. The number of nitrogens with zero attached hydrogens (tertiary/aromatic N) is 3. The summed E-state index contributed by atoms with van der Waals surface area (Å²) in [5.74, 6) is -1.98. The number of carbonyl (C=O) groups excluding carboxylic acids is 4. The average molecular weight is 611 g/mol. The van der Waals surface area contributed by atoms with E-state index in [0.29, 0.717) is 23.0 Å². The van der Waals surface area contributed by atoms with Gasteiger partial charge in [-0.15, -0.1) is 5.10 Å². The molecule has 1 amide bonds. The van der Waals surface area contributed by atoms with E-state index in [-0.39, 0.29) is 11.4 Å². The fourth-order valence-electron chi connectivity index (χ4n) is 4.66. The minimum atomic E-state index is -1.24. The summed E-state index contributed by atoms with van der Waals surface area (Å²) in [6, 6.07) is 6.08. The predicted octanol–water partition coefficient (Wildman–Crippen LogP) is 3.75. The first-order chi connectivity index (χ1) is 19.4. The van der Waals surface area contributed by atoms with Crippen molar-refractivity contribution in [1.29, 1.82) is 0 Å². The molecule has 1 fully saturated rings. The van der Waals surface area contributed by atoms with Crippen LogP contribution < -0.4 is 5.32 Å². The number of amides is 1. The van der Waals surface area contributed by atoms with Gasteiger partial charge in [0.2, 0.25) is 10.7 Å². The van der Waals surface area contributed by atoms with E-state index in [2.05, 4.69) is 12.2 Å². The van der Waals surface area contributed by atoms with Crippen LogP contribution in [0.1, 0.15) is 60.1 Å². The Hall–Kier alpha value is -3.29. The number of nitrogens with one attached hydrogen (secondary N) is 1. The molecule has 1 N–H and O–H groups in total. The van der Waals surface area contributed by atoms with Crippen LogP contribution >= 0.6 is 23.8 Å². The van der Waals surface area contributed by atoms with Gasteiger partial charge >= 0.3 is 17.9 Å². The van der Waals surface area contributed by atoms with Crippen molar-refractivity contribution in [1.82, 2.24) is 19.7 Å². The van der Waals surface area contributed by atoms with Crippen molar-refractivity contribution in [3.63, 3.8) is 0 Å². The number of esters is 3. The minimum Gasteiger partial charge on any atom is -0.463 e. The van der Waals surface area contributed by atoms with Gasteiger partial charge < -0.3 is 24.3 Å². The van der Waals surface area contributed by atoms with E-state index in [9.17, 15) is 19.2 Å². The number of rotatable bonds is 11. The molecule has 1 aromatic carbocycles. The molecule has 0 aliphatic carbocycles. The lowest BCUT2D eigenvalue weighted by Crippen LogP contribution is -2.64. The lowest BCUT2D eigenvalue weighted by atomic mass is 9.95. The van der Waals surface area contributed by atoms with Crippen LogP contribution in [0, 0.1) is 4.77 Å². The summed E-state index contributed by atoms with van der Waals surface area (Å²) in [4.78, 5) is 48.3. The topological polar surface area (TPSA) is 140 Å². The zero-order chi connectivity index (χ0) is 30.3. The Bertz CT molecular complexity index is 1330. The third-order valence-electron chi connectivity index (χ3n) is 6.32. The van der Waals surface area contributed by atoms with Gasteiger partial charge in [-0.05, 0) is 30.8 Å². The number of benzene rings is 1. The Labute approximate surface area is 248 Å². The Morgan fingerprint density at radius 3 is 2.27 bits per heavy atom. The first-order valence-electron chi connectivity index (χ1n) is 13.3. The Morgan fingerprint density at radius 2 is 1.68 bits per heavy atom. The molecule has 41 heavy (non-hydrogen) atoms. The van der Waals surface area contributed by atoms with Gasteiger partial charge in [-0.25, -0.2) is 4.68 Å². The van der Waals surface area contributed by atoms with Crippen LogP contribution in [0.3, 0.4) is 0 Å². The molecule has 0 saturated carbocycles. The fourth-order valence-corrected chi connectivity index (χ4v) is 5.20. The van der Waals surface area contributed by atoms with Gasteiger partial charge in [-0.2, -0.15) is 0 Å². The van der Waals surface area contributed by atoms with Gasteiger partial charge in [0.15, 0.2) is 24.3 Å². The highest BCUT2D eigenvalue weighted by atomic mass is 35.5. The number of aromatic nitrogens is 3. The summed E-state index contributed by atoms with van der Waals surface area (Å²) in [5.41, 5.74) is 0.633. The Balaban J connectivity index is 2.22. The van der Waals surface area contributed by atoms with Gasteiger partial charge in [-0.1, -0.05) is 43.5 Å². The maximum absolute atomic E-state index is 12.4. The second kappa shape index (κ2) is 14.6. The van der Waals surface area contributed by atoms with Gasteiger partial charge in [-0.3, -0.25) is 23.7 Å². The third kappa shape index (κ3) is 8.14. The third-order valence-corrected chi connectivity index (χ3v) is 7.05. The molecule has 0 unspecified atom stereocenters. The molecule has 1 aromatic heterocycles. The maximum Gasteiger partial charge on any atom is 0.303 e. The van der Waals surface area contributed by atoms with E-state index >= 15 is 0 Å². The van der Waals surface area contributed by atoms with Crippen LogP contribution in [0.4, 0.5) is 0 Å². The molecular formula is C27H35ClN4O8S. The van der Waals surface area contributed by atoms with Crippen molar-refractivity contribution in [3.8, 4) is 11.4 Å². The van der Waals surface area contributed by atoms with Crippen molar-refractivity contribution < 1.29 is 38.1 Å². The van der Waals surface area contributed by atoms with Crippen LogP contribution in [-0.2, 0) is 44.7 Å². The van der Waals surface area contributed by atoms with Gasteiger partial charge in [0.05, 0.1) is 5.02 Å². The molecule has 0 radical (unpaired) electrons. The van der Waals surface area contributed by atoms with Gasteiger partial charge in [0.25, 0.3) is 0 Å². The molecule has 5 atom stereocenters. The number of ether oxygens (including phenoxy) is 4. The Kier molecular flexibility index (Phi) is 11.4. The second-order valence-electron chi connectivity index (χ2n) is 9.63. The summed E-state index contributed by atoms with van der Waals surface area (Å²) in [6.45, 7) is 7.15. The van der Waals surface area contributed by atoms with Crippen LogP contribution in [0.2, 0.25) is 5.02 Å². The first-order valence-corrected chi connectivity index (χ1v) is 14.1. The largest absolute Gasteiger partial charge is 0.463 e. The zero-order valence-corrected chi connectivity index (χ0v) is 25.2. The molecule has 1 aliphatic rings. The SMILES string of the molecule is CCCCCn1c(-c2ccccc2Cl)nn([C@@H]2O[C@H](COC(C)=O)[C@@H](OC(C)=O)[C@H](OC(C)=O)[C@H]2NC(C)=O)c1=S. The summed E-state index contributed by atoms with van der Waals surface area (Å²) in [7, 11) is 0. The molecule has 2 aromatic rings. The van der Waals surface area contributed by atoms with Crippen LogP contribution in [0.5, 0.6) is 0 Å². The molecule has 1 saturated heterocycles. The van der Waals surface area contributed by atoms with Gasteiger partial charge in [0.1, 0.15) is 18.8 Å². The summed E-state index contributed by atoms with van der Waals surface area (Å²) >= 11 is 12.4. The van der Waals surface area contributed by atoms with E-state index in [4.69, 9.17) is 47.9 Å². The highest BCUT2D eigenvalue weighted by Crippen LogP contribution is 2.35. The summed E-state index contributed by atoms with van der Waals surface area (Å²) in [5, 5.41) is 8.00. The van der Waals surface area contributed by atoms with Crippen LogP contribution in [-0.4, -0.2) is 69.1 Å². The molecule has 12 nitrogen and oxygen atoms in total. The predicted molar refractivity (Wildman–Crippen MR) is 150 cm³/mol. The normalized spacial score (nSPS) is 22.0. The van der Waals surface area contributed by atoms with E-state index in [1.165, 1.54) is 32.4 Å². The fraction of sp³-hybridized carbons (Fsp3) is 0.556. The monoisotopic (exact) mass is 610 g/mol. The maximum atomic E-state index is 12.4. The van der Waals surface area contributed by atoms with Crippen LogP contribution in [0.15, 0.2) is 24.3 Å². The van der Waals surface area contributed by atoms with E-state index in [0.717, 1.165) is 19.3 Å². The van der Waals surface area contributed by atoms with Crippen molar-refractivity contribution in [3.05, 3.63) is 34.1 Å². The summed E-state index contributed by atoms with van der Waals surface area (Å²) < 4.78 is 26.1. The molecule has 14 heteroatoms. The smallest absolute Gasteiger partial charge is 0.303 e. The van der Waals surface area contributed by atoms with Crippen molar-refractivity contribution in [2.45, 2.75) is 91.0 Å². The van der Waals surface area contributed by atoms with E-state index in [1.807, 2.05) is 16.7 Å². The standard InChI is InChI=1S/C27H35ClN4O8S/c1-6-7-10-13-31-25(19-11-8-9-12-20(19)28)30-32(27(31)41)26-22(29-15(2)33)24(39-18(5)36)23(38-17(4)35)21(40-26)14-37-16(3)34/h8-9,11-12,21-24,26H,6-7,10,13-14H2,1-5H3,(H,29,33)/t21-,22-,23-,24-,26-/m1/s1. The lowest BCUT2D eigenvalue weighted by Gasteiger charge is -2.45. The molecule has 224 valence electrons. The van der Waals surface area contributed by atoms with Crippen LogP contribution in [0.25, 0.3) is 11.4 Å². The molecule has 3 rings (SSSR count). The van der Waals surface area contributed by atoms with Crippen molar-refractivity contribution >= 4 is 47.6 Å². The number of hydrogen-bond acceptors (Lipinski definition) is 10. The molecular weight excluding hydrogens is 576 g/mol. The van der Waals surface area contributed by atoms with Crippen molar-refractivity contribution in [2.75, 3.05) is 6.61 Å². The van der Waals surface area contributed by atoms with Gasteiger partial charge in [0, 0.05) is 39.8 Å². The van der Waals surface area contributed by atoms with Crippen molar-refractivity contribution in [2.24, 2.45) is 0 Å². The molecule has 2 heterocycles. The highest BCUT2D eigenvalue weighted by Gasteiger charge is 2.52. The summed E-state index contributed by atoms with van der Waals surface area (Å²) in [6.07, 6.45) is -1.97. The molecule has 0 spiro atoms. The second-order valence-corrected chi connectivity index (χ2v) is 10.4. The van der Waals surface area contributed by atoms with E-state index < -0.39 is 54.4 Å². The zero-order valence-electron chi connectivity index (χ0n) is 23.6. The number of carbonyl (C=O) groups is 4. The molecule has 1 aliphatic heterocycles. The molecule has 0 bridgehead atoms. The number of halogens is 1. The van der Waals surface area contributed by atoms with E-state index in [1.54, 1.807) is 12.1 Å². The number of hydrogen-bond donors (Lipinski definition) is 1.